The molecule has 0 aromatic heterocycles. The van der Waals surface area contributed by atoms with Crippen molar-refractivity contribution in [3.63, 3.8) is 0 Å². The number of benzene rings is 1. The average molecular weight is 274 g/mol. The van der Waals surface area contributed by atoms with Gasteiger partial charge in [0.05, 0.1) is 4.92 Å². The monoisotopic (exact) mass is 274 g/mol. The predicted molar refractivity (Wildman–Crippen MR) is 81.4 cm³/mol. The Morgan fingerprint density at radius 3 is 2.90 bits per heavy atom. The highest BCUT2D eigenvalue weighted by molar-refractivity contribution is 5.35. The SMILES string of the molecule is C#CCCCCNC(CCC)c1cccc([N+](=O)[O-])c1. The summed E-state index contributed by atoms with van der Waals surface area (Å²) in [6.45, 7) is 3.00. The fourth-order valence-electron chi connectivity index (χ4n) is 2.16. The molecule has 1 N–H and O–H groups in total. The number of rotatable bonds is 9. The third kappa shape index (κ3) is 5.41. The summed E-state index contributed by atoms with van der Waals surface area (Å²) in [5.74, 6) is 2.63. The van der Waals surface area contributed by atoms with E-state index in [1.54, 1.807) is 12.1 Å². The van der Waals surface area contributed by atoms with E-state index in [9.17, 15) is 10.1 Å². The van der Waals surface area contributed by atoms with Crippen LogP contribution in [0.2, 0.25) is 0 Å². The number of nitrogens with one attached hydrogen (secondary N) is 1. The van der Waals surface area contributed by atoms with Gasteiger partial charge in [0.2, 0.25) is 0 Å². The highest BCUT2D eigenvalue weighted by Crippen LogP contribution is 2.22. The van der Waals surface area contributed by atoms with E-state index < -0.39 is 0 Å². The predicted octanol–water partition coefficient (Wildman–Crippen LogP) is 3.83. The van der Waals surface area contributed by atoms with Crippen molar-refractivity contribution in [1.82, 2.24) is 5.32 Å². The maximum absolute atomic E-state index is 10.8. The standard InChI is InChI=1S/C16H22N2O2/c1-3-5-6-7-12-17-16(9-4-2)14-10-8-11-15(13-14)18(19)20/h1,8,10-11,13,16-17H,4-7,9,12H2,2H3. The highest BCUT2D eigenvalue weighted by Gasteiger charge is 2.13. The van der Waals surface area contributed by atoms with Gasteiger partial charge in [-0.15, -0.1) is 12.3 Å². The second-order valence-electron chi connectivity index (χ2n) is 4.81. The third-order valence-corrected chi connectivity index (χ3v) is 3.20. The van der Waals surface area contributed by atoms with Gasteiger partial charge in [-0.05, 0) is 31.4 Å². The minimum Gasteiger partial charge on any atom is -0.310 e. The fourth-order valence-corrected chi connectivity index (χ4v) is 2.16. The maximum atomic E-state index is 10.8. The molecule has 1 aromatic rings. The Labute approximate surface area is 120 Å². The van der Waals surface area contributed by atoms with Gasteiger partial charge in [-0.2, -0.15) is 0 Å². The van der Waals surface area contributed by atoms with Crippen LogP contribution >= 0.6 is 0 Å². The number of nitro groups is 1. The molecule has 1 atom stereocenters. The molecule has 1 unspecified atom stereocenters. The molecule has 0 bridgehead atoms. The first-order valence-corrected chi connectivity index (χ1v) is 7.10. The Morgan fingerprint density at radius 2 is 2.25 bits per heavy atom. The lowest BCUT2D eigenvalue weighted by Gasteiger charge is -2.18. The molecule has 4 nitrogen and oxygen atoms in total. The average Bonchev–Trinajstić information content (AvgIpc) is 2.46. The molecule has 0 radical (unpaired) electrons. The Morgan fingerprint density at radius 1 is 1.45 bits per heavy atom. The first-order chi connectivity index (χ1) is 9.69. The van der Waals surface area contributed by atoms with Crippen molar-refractivity contribution in [2.75, 3.05) is 6.54 Å². The number of nitrogens with zero attached hydrogens (tertiary/aromatic N) is 1. The third-order valence-electron chi connectivity index (χ3n) is 3.20. The van der Waals surface area contributed by atoms with Gasteiger partial charge in [0.1, 0.15) is 0 Å². The summed E-state index contributed by atoms with van der Waals surface area (Å²) in [4.78, 5) is 10.5. The molecule has 0 spiro atoms. The Kier molecular flexibility index (Phi) is 7.38. The van der Waals surface area contributed by atoms with E-state index in [-0.39, 0.29) is 16.7 Å². The molecule has 1 rings (SSSR count). The molecule has 0 aliphatic rings. The number of nitro benzene ring substituents is 1. The second kappa shape index (κ2) is 9.11. The molecular formula is C16H22N2O2. The van der Waals surface area contributed by atoms with Gasteiger partial charge >= 0.3 is 0 Å². The summed E-state index contributed by atoms with van der Waals surface area (Å²) < 4.78 is 0. The summed E-state index contributed by atoms with van der Waals surface area (Å²) in [6.07, 6.45) is 10.1. The normalized spacial score (nSPS) is 11.8. The number of terminal acetylenes is 1. The molecule has 0 amide bonds. The lowest BCUT2D eigenvalue weighted by molar-refractivity contribution is -0.384. The van der Waals surface area contributed by atoms with E-state index in [2.05, 4.69) is 18.2 Å². The molecule has 0 saturated heterocycles. The van der Waals surface area contributed by atoms with Crippen LogP contribution in [-0.4, -0.2) is 11.5 Å². The van der Waals surface area contributed by atoms with Crippen LogP contribution in [0.4, 0.5) is 5.69 Å². The molecule has 0 saturated carbocycles. The number of hydrogen-bond acceptors (Lipinski definition) is 3. The Bertz CT molecular complexity index is 466. The molecular weight excluding hydrogens is 252 g/mol. The molecule has 0 aliphatic carbocycles. The van der Waals surface area contributed by atoms with Crippen molar-refractivity contribution in [3.05, 3.63) is 39.9 Å². The molecule has 20 heavy (non-hydrogen) atoms. The summed E-state index contributed by atoms with van der Waals surface area (Å²) in [5.41, 5.74) is 1.13. The number of hydrogen-bond donors (Lipinski definition) is 1. The zero-order valence-electron chi connectivity index (χ0n) is 12.0. The van der Waals surface area contributed by atoms with Gasteiger partial charge in [0, 0.05) is 24.6 Å². The van der Waals surface area contributed by atoms with Gasteiger partial charge < -0.3 is 5.32 Å². The van der Waals surface area contributed by atoms with Crippen molar-refractivity contribution in [2.24, 2.45) is 0 Å². The van der Waals surface area contributed by atoms with E-state index >= 15 is 0 Å². The van der Waals surface area contributed by atoms with Gasteiger partial charge in [-0.1, -0.05) is 25.5 Å². The minimum atomic E-state index is -0.348. The van der Waals surface area contributed by atoms with Crippen molar-refractivity contribution in [3.8, 4) is 12.3 Å². The van der Waals surface area contributed by atoms with Crippen LogP contribution in [0.3, 0.4) is 0 Å². The summed E-state index contributed by atoms with van der Waals surface area (Å²) >= 11 is 0. The van der Waals surface area contributed by atoms with Gasteiger partial charge in [0.25, 0.3) is 5.69 Å². The van der Waals surface area contributed by atoms with Gasteiger partial charge in [-0.3, -0.25) is 10.1 Å². The van der Waals surface area contributed by atoms with Crippen LogP contribution < -0.4 is 5.32 Å². The lowest BCUT2D eigenvalue weighted by atomic mass is 10.0. The molecule has 0 heterocycles. The quantitative estimate of drug-likeness (QED) is 0.322. The highest BCUT2D eigenvalue weighted by atomic mass is 16.6. The van der Waals surface area contributed by atoms with E-state index in [1.807, 2.05) is 6.07 Å². The topological polar surface area (TPSA) is 55.2 Å². The van der Waals surface area contributed by atoms with Crippen molar-refractivity contribution >= 4 is 5.69 Å². The van der Waals surface area contributed by atoms with Crippen molar-refractivity contribution in [2.45, 2.75) is 45.1 Å². The zero-order chi connectivity index (χ0) is 14.8. The van der Waals surface area contributed by atoms with Crippen LogP contribution in [0.25, 0.3) is 0 Å². The van der Waals surface area contributed by atoms with E-state index in [1.165, 1.54) is 6.07 Å². The molecule has 4 heteroatoms. The zero-order valence-corrected chi connectivity index (χ0v) is 12.0. The van der Waals surface area contributed by atoms with Crippen LogP contribution in [-0.2, 0) is 0 Å². The maximum Gasteiger partial charge on any atom is 0.269 e. The fraction of sp³-hybridized carbons (Fsp3) is 0.500. The first kappa shape index (κ1) is 16.2. The summed E-state index contributed by atoms with van der Waals surface area (Å²) in [7, 11) is 0. The van der Waals surface area contributed by atoms with Gasteiger partial charge in [-0.25, -0.2) is 0 Å². The number of non-ortho nitro benzene ring substituents is 1. The smallest absolute Gasteiger partial charge is 0.269 e. The molecule has 0 fully saturated rings. The van der Waals surface area contributed by atoms with Crippen molar-refractivity contribution < 1.29 is 4.92 Å². The molecule has 108 valence electrons. The first-order valence-electron chi connectivity index (χ1n) is 7.10. The van der Waals surface area contributed by atoms with Crippen molar-refractivity contribution in [1.29, 1.82) is 0 Å². The van der Waals surface area contributed by atoms with E-state index in [0.717, 1.165) is 44.2 Å². The van der Waals surface area contributed by atoms with Crippen LogP contribution in [0.15, 0.2) is 24.3 Å². The molecule has 1 aromatic carbocycles. The van der Waals surface area contributed by atoms with Crippen LogP contribution in [0, 0.1) is 22.5 Å². The lowest BCUT2D eigenvalue weighted by Crippen LogP contribution is -2.22. The minimum absolute atomic E-state index is 0.151. The molecule has 0 aliphatic heterocycles. The Hall–Kier alpha value is -1.86. The Balaban J connectivity index is 2.63. The van der Waals surface area contributed by atoms with E-state index in [0.29, 0.717) is 0 Å². The van der Waals surface area contributed by atoms with E-state index in [4.69, 9.17) is 6.42 Å². The van der Waals surface area contributed by atoms with Crippen LogP contribution in [0.1, 0.15) is 50.6 Å². The number of unbranched alkanes of at least 4 members (excludes halogenated alkanes) is 2. The summed E-state index contributed by atoms with van der Waals surface area (Å²) in [5, 5.41) is 14.3. The summed E-state index contributed by atoms with van der Waals surface area (Å²) in [6, 6.07) is 7.05. The van der Waals surface area contributed by atoms with Crippen LogP contribution in [0.5, 0.6) is 0 Å². The van der Waals surface area contributed by atoms with Gasteiger partial charge in [0.15, 0.2) is 0 Å². The largest absolute Gasteiger partial charge is 0.310 e. The second-order valence-corrected chi connectivity index (χ2v) is 4.81.